The van der Waals surface area contributed by atoms with Crippen LogP contribution in [0.2, 0.25) is 0 Å². The van der Waals surface area contributed by atoms with Crippen LogP contribution >= 0.6 is 0 Å². The number of hydrogen-bond acceptors (Lipinski definition) is 3. The maximum Gasteiger partial charge on any atom is 0.146 e. The van der Waals surface area contributed by atoms with Crippen LogP contribution in [0.5, 0.6) is 0 Å². The second-order valence-corrected chi connectivity index (χ2v) is 5.18. The normalized spacial score (nSPS) is 12.2. The minimum absolute atomic E-state index is 0.0355. The Balaban J connectivity index is 2.12. The third-order valence-corrected chi connectivity index (χ3v) is 3.12. The van der Waals surface area contributed by atoms with E-state index in [1.165, 1.54) is 0 Å². The van der Waals surface area contributed by atoms with Gasteiger partial charge in [-0.1, -0.05) is 12.1 Å². The van der Waals surface area contributed by atoms with Crippen LogP contribution in [0.15, 0.2) is 42.7 Å². The highest BCUT2D eigenvalue weighted by atomic mass is 19.1. The number of nitrogens with zero attached hydrogens (tertiary/aromatic N) is 2. The zero-order chi connectivity index (χ0) is 14.5. The molecule has 1 aromatic carbocycles. The molecule has 0 radical (unpaired) electrons. The van der Waals surface area contributed by atoms with Crippen molar-refractivity contribution in [1.29, 1.82) is 0 Å². The Kier molecular flexibility index (Phi) is 4.69. The van der Waals surface area contributed by atoms with E-state index in [1.807, 2.05) is 43.1 Å². The molecule has 2 rings (SSSR count). The molecule has 1 atom stereocenters. The summed E-state index contributed by atoms with van der Waals surface area (Å²) in [5.74, 6) is -0.213. The SMILES string of the molecule is CC(N)Cc1ccc(N(C)Cc2cccnc2)c(F)c1. The first-order valence-corrected chi connectivity index (χ1v) is 6.70. The number of hydrogen-bond donors (Lipinski definition) is 1. The Morgan fingerprint density at radius 1 is 1.30 bits per heavy atom. The molecule has 0 bridgehead atoms. The Morgan fingerprint density at radius 2 is 2.10 bits per heavy atom. The Hall–Kier alpha value is -1.94. The fourth-order valence-corrected chi connectivity index (χ4v) is 2.21. The minimum atomic E-state index is -0.213. The summed E-state index contributed by atoms with van der Waals surface area (Å²) in [4.78, 5) is 5.94. The molecule has 0 spiro atoms. The van der Waals surface area contributed by atoms with Crippen molar-refractivity contribution in [3.05, 3.63) is 59.7 Å². The van der Waals surface area contributed by atoms with Gasteiger partial charge < -0.3 is 10.6 Å². The lowest BCUT2D eigenvalue weighted by atomic mass is 10.1. The number of halogens is 1. The van der Waals surface area contributed by atoms with Gasteiger partial charge in [0.05, 0.1) is 5.69 Å². The monoisotopic (exact) mass is 273 g/mol. The van der Waals surface area contributed by atoms with Crippen molar-refractivity contribution in [1.82, 2.24) is 4.98 Å². The molecular formula is C16H20FN3. The fraction of sp³-hybridized carbons (Fsp3) is 0.312. The summed E-state index contributed by atoms with van der Waals surface area (Å²) in [5.41, 5.74) is 8.30. The van der Waals surface area contributed by atoms with Gasteiger partial charge in [0.25, 0.3) is 0 Å². The average molecular weight is 273 g/mol. The van der Waals surface area contributed by atoms with Gasteiger partial charge in [-0.2, -0.15) is 0 Å². The molecule has 1 aromatic heterocycles. The molecule has 0 amide bonds. The molecule has 20 heavy (non-hydrogen) atoms. The zero-order valence-corrected chi connectivity index (χ0v) is 11.9. The first kappa shape index (κ1) is 14.5. The summed E-state index contributed by atoms with van der Waals surface area (Å²) in [6.45, 7) is 2.54. The predicted molar refractivity (Wildman–Crippen MR) is 80.1 cm³/mol. The van der Waals surface area contributed by atoms with Gasteiger partial charge in [0, 0.05) is 32.0 Å². The highest BCUT2D eigenvalue weighted by Crippen LogP contribution is 2.21. The van der Waals surface area contributed by atoms with E-state index in [1.54, 1.807) is 18.5 Å². The van der Waals surface area contributed by atoms with E-state index in [4.69, 9.17) is 5.73 Å². The van der Waals surface area contributed by atoms with Crippen molar-refractivity contribution in [3.8, 4) is 0 Å². The molecule has 3 nitrogen and oxygen atoms in total. The Bertz CT molecular complexity index is 555. The molecule has 0 fully saturated rings. The summed E-state index contributed by atoms with van der Waals surface area (Å²) in [6.07, 6.45) is 4.20. The smallest absolute Gasteiger partial charge is 0.146 e. The van der Waals surface area contributed by atoms with Crippen molar-refractivity contribution < 1.29 is 4.39 Å². The predicted octanol–water partition coefficient (Wildman–Crippen LogP) is 2.75. The van der Waals surface area contributed by atoms with Crippen LogP contribution in [-0.2, 0) is 13.0 Å². The molecule has 0 saturated carbocycles. The largest absolute Gasteiger partial charge is 0.368 e. The fourth-order valence-electron chi connectivity index (χ4n) is 2.21. The van der Waals surface area contributed by atoms with Gasteiger partial charge >= 0.3 is 0 Å². The number of rotatable bonds is 5. The van der Waals surface area contributed by atoms with Crippen LogP contribution in [-0.4, -0.2) is 18.1 Å². The summed E-state index contributed by atoms with van der Waals surface area (Å²) in [7, 11) is 1.87. The first-order chi connectivity index (χ1) is 9.56. The molecule has 2 aromatic rings. The lowest BCUT2D eigenvalue weighted by molar-refractivity contribution is 0.617. The number of anilines is 1. The van der Waals surface area contributed by atoms with Gasteiger partial charge in [0.2, 0.25) is 0 Å². The van der Waals surface area contributed by atoms with Gasteiger partial charge in [-0.15, -0.1) is 0 Å². The van der Waals surface area contributed by atoms with Crippen LogP contribution < -0.4 is 10.6 Å². The maximum atomic E-state index is 14.2. The van der Waals surface area contributed by atoms with Crippen molar-refractivity contribution >= 4 is 5.69 Å². The molecule has 0 aliphatic rings. The lowest BCUT2D eigenvalue weighted by Gasteiger charge is -2.20. The molecule has 2 N–H and O–H groups in total. The van der Waals surface area contributed by atoms with E-state index < -0.39 is 0 Å². The van der Waals surface area contributed by atoms with E-state index in [9.17, 15) is 4.39 Å². The van der Waals surface area contributed by atoms with Crippen molar-refractivity contribution in [2.24, 2.45) is 5.73 Å². The van der Waals surface area contributed by atoms with Crippen molar-refractivity contribution in [2.45, 2.75) is 25.9 Å². The van der Waals surface area contributed by atoms with E-state index in [0.717, 1.165) is 11.1 Å². The molecule has 4 heteroatoms. The van der Waals surface area contributed by atoms with Gasteiger partial charge in [0.1, 0.15) is 5.82 Å². The Morgan fingerprint density at radius 3 is 2.70 bits per heavy atom. The molecule has 106 valence electrons. The number of benzene rings is 1. The van der Waals surface area contributed by atoms with E-state index >= 15 is 0 Å². The quantitative estimate of drug-likeness (QED) is 0.911. The molecular weight excluding hydrogens is 253 g/mol. The average Bonchev–Trinajstić information content (AvgIpc) is 2.39. The molecule has 0 aliphatic carbocycles. The second kappa shape index (κ2) is 6.48. The van der Waals surface area contributed by atoms with E-state index in [-0.39, 0.29) is 11.9 Å². The van der Waals surface area contributed by atoms with Crippen LogP contribution in [0, 0.1) is 5.82 Å². The molecule has 0 saturated heterocycles. The van der Waals surface area contributed by atoms with E-state index in [2.05, 4.69) is 4.98 Å². The van der Waals surface area contributed by atoms with Crippen LogP contribution in [0.25, 0.3) is 0 Å². The van der Waals surface area contributed by atoms with Gasteiger partial charge in [-0.25, -0.2) is 4.39 Å². The van der Waals surface area contributed by atoms with Crippen molar-refractivity contribution in [3.63, 3.8) is 0 Å². The number of pyridine rings is 1. The van der Waals surface area contributed by atoms with Gasteiger partial charge in [0.15, 0.2) is 0 Å². The lowest BCUT2D eigenvalue weighted by Crippen LogP contribution is -2.19. The third kappa shape index (κ3) is 3.78. The highest BCUT2D eigenvalue weighted by Gasteiger charge is 2.09. The van der Waals surface area contributed by atoms with Gasteiger partial charge in [-0.05, 0) is 42.7 Å². The molecule has 0 aliphatic heterocycles. The number of nitrogens with two attached hydrogens (primary N) is 1. The van der Waals surface area contributed by atoms with Crippen molar-refractivity contribution in [2.75, 3.05) is 11.9 Å². The maximum absolute atomic E-state index is 14.2. The molecule has 1 unspecified atom stereocenters. The molecule has 1 heterocycles. The summed E-state index contributed by atoms with van der Waals surface area (Å²) < 4.78 is 14.2. The van der Waals surface area contributed by atoms with Crippen LogP contribution in [0.4, 0.5) is 10.1 Å². The zero-order valence-electron chi connectivity index (χ0n) is 11.9. The second-order valence-electron chi connectivity index (χ2n) is 5.18. The summed E-state index contributed by atoms with van der Waals surface area (Å²) in [6, 6.07) is 9.20. The van der Waals surface area contributed by atoms with Gasteiger partial charge in [-0.3, -0.25) is 4.98 Å². The Labute approximate surface area is 119 Å². The first-order valence-electron chi connectivity index (χ1n) is 6.70. The van der Waals surface area contributed by atoms with E-state index in [0.29, 0.717) is 18.7 Å². The summed E-state index contributed by atoms with van der Waals surface area (Å²) in [5, 5.41) is 0. The minimum Gasteiger partial charge on any atom is -0.368 e. The van der Waals surface area contributed by atoms with Crippen LogP contribution in [0.3, 0.4) is 0 Å². The standard InChI is InChI=1S/C16H20FN3/c1-12(18)8-13-5-6-16(15(17)9-13)20(2)11-14-4-3-7-19-10-14/h3-7,9-10,12H,8,11,18H2,1-2H3. The topological polar surface area (TPSA) is 42.1 Å². The number of aromatic nitrogens is 1. The third-order valence-electron chi connectivity index (χ3n) is 3.12. The highest BCUT2D eigenvalue weighted by molar-refractivity contribution is 5.49. The van der Waals surface area contributed by atoms with Crippen LogP contribution in [0.1, 0.15) is 18.1 Å². The summed E-state index contributed by atoms with van der Waals surface area (Å²) >= 11 is 0.